The SMILES string of the molecule is CC(C)(C)Cc1ccc(-c2sc3c(-c4cc(C5CCCCC5)c5ccccc5c4)nccc3c2[Si](C)(C)C)cc1. The molecule has 0 N–H and O–H groups in total. The van der Waals surface area contributed by atoms with E-state index in [-0.39, 0.29) is 0 Å². The second kappa shape index (κ2) is 10.6. The van der Waals surface area contributed by atoms with E-state index < -0.39 is 8.07 Å². The lowest BCUT2D eigenvalue weighted by Gasteiger charge is -2.24. The zero-order chi connectivity index (χ0) is 28.1. The van der Waals surface area contributed by atoms with Gasteiger partial charge in [-0.15, -0.1) is 11.3 Å². The topological polar surface area (TPSA) is 12.9 Å². The van der Waals surface area contributed by atoms with E-state index in [9.17, 15) is 0 Å². The first kappa shape index (κ1) is 27.4. The second-order valence-electron chi connectivity index (χ2n) is 14.1. The highest BCUT2D eigenvalue weighted by molar-refractivity contribution is 7.25. The molecular formula is C37H43NSSi. The molecule has 206 valence electrons. The molecule has 0 spiro atoms. The molecule has 0 radical (unpaired) electrons. The van der Waals surface area contributed by atoms with Crippen LogP contribution in [-0.4, -0.2) is 13.1 Å². The fraction of sp³-hybridized carbons (Fsp3) is 0.378. The van der Waals surface area contributed by atoms with Gasteiger partial charge in [-0.25, -0.2) is 0 Å². The van der Waals surface area contributed by atoms with E-state index in [1.54, 1.807) is 5.19 Å². The Morgan fingerprint density at radius 1 is 0.825 bits per heavy atom. The van der Waals surface area contributed by atoms with Gasteiger partial charge in [0.2, 0.25) is 0 Å². The summed E-state index contributed by atoms with van der Waals surface area (Å²) >= 11 is 1.96. The number of aromatic nitrogens is 1. The van der Waals surface area contributed by atoms with Crippen molar-refractivity contribution < 1.29 is 0 Å². The summed E-state index contributed by atoms with van der Waals surface area (Å²) < 4.78 is 1.35. The van der Waals surface area contributed by atoms with E-state index in [0.29, 0.717) is 11.3 Å². The molecule has 1 saturated carbocycles. The van der Waals surface area contributed by atoms with Crippen LogP contribution in [0.15, 0.2) is 72.9 Å². The predicted molar refractivity (Wildman–Crippen MR) is 180 cm³/mol. The highest BCUT2D eigenvalue weighted by Gasteiger charge is 2.28. The molecule has 5 aromatic rings. The van der Waals surface area contributed by atoms with Crippen LogP contribution in [0.4, 0.5) is 0 Å². The van der Waals surface area contributed by atoms with E-state index in [0.717, 1.165) is 12.1 Å². The van der Waals surface area contributed by atoms with E-state index in [2.05, 4.69) is 113 Å². The van der Waals surface area contributed by atoms with Crippen molar-refractivity contribution in [1.82, 2.24) is 4.98 Å². The number of hydrogen-bond acceptors (Lipinski definition) is 2. The Morgan fingerprint density at radius 3 is 2.25 bits per heavy atom. The van der Waals surface area contributed by atoms with Crippen LogP contribution >= 0.6 is 11.3 Å². The van der Waals surface area contributed by atoms with Crippen LogP contribution in [0, 0.1) is 5.41 Å². The third kappa shape index (κ3) is 5.43. The number of thiophene rings is 1. The monoisotopic (exact) mass is 561 g/mol. The second-order valence-corrected chi connectivity index (χ2v) is 20.2. The maximum absolute atomic E-state index is 5.08. The summed E-state index contributed by atoms with van der Waals surface area (Å²) in [7, 11) is -1.65. The Bertz CT molecular complexity index is 1660. The van der Waals surface area contributed by atoms with Gasteiger partial charge >= 0.3 is 0 Å². The fourth-order valence-electron chi connectivity index (χ4n) is 6.79. The van der Waals surface area contributed by atoms with E-state index in [1.165, 1.54) is 80.1 Å². The molecule has 0 unspecified atom stereocenters. The summed E-state index contributed by atoms with van der Waals surface area (Å²) in [6.07, 6.45) is 9.83. The lowest BCUT2D eigenvalue weighted by molar-refractivity contribution is 0.411. The van der Waals surface area contributed by atoms with Crippen molar-refractivity contribution in [3.8, 4) is 21.7 Å². The summed E-state index contributed by atoms with van der Waals surface area (Å²) in [6, 6.07) is 25.6. The number of pyridine rings is 1. The minimum Gasteiger partial charge on any atom is -0.255 e. The van der Waals surface area contributed by atoms with Crippen LogP contribution < -0.4 is 5.19 Å². The van der Waals surface area contributed by atoms with E-state index >= 15 is 0 Å². The predicted octanol–water partition coefficient (Wildman–Crippen LogP) is 11.0. The summed E-state index contributed by atoms with van der Waals surface area (Å²) in [5, 5.41) is 5.76. The molecular weight excluding hydrogens is 519 g/mol. The van der Waals surface area contributed by atoms with Gasteiger partial charge in [0.25, 0.3) is 0 Å². The molecule has 0 aliphatic heterocycles. The molecule has 0 saturated heterocycles. The average molecular weight is 562 g/mol. The first-order valence-corrected chi connectivity index (χ1v) is 19.4. The Kier molecular flexibility index (Phi) is 7.25. The largest absolute Gasteiger partial charge is 0.255 e. The number of benzene rings is 3. The minimum absolute atomic E-state index is 0.291. The molecule has 0 amide bonds. The molecule has 40 heavy (non-hydrogen) atoms. The van der Waals surface area contributed by atoms with Crippen LogP contribution in [-0.2, 0) is 6.42 Å². The molecule has 1 nitrogen and oxygen atoms in total. The van der Waals surface area contributed by atoms with Gasteiger partial charge in [-0.3, -0.25) is 4.98 Å². The van der Waals surface area contributed by atoms with E-state index in [1.807, 2.05) is 11.3 Å². The summed E-state index contributed by atoms with van der Waals surface area (Å²) in [4.78, 5) is 6.52. The summed E-state index contributed by atoms with van der Waals surface area (Å²) in [5.74, 6) is 0.654. The number of nitrogens with zero attached hydrogens (tertiary/aromatic N) is 1. The van der Waals surface area contributed by atoms with Gasteiger partial charge in [-0.2, -0.15) is 0 Å². The lowest BCUT2D eigenvalue weighted by Crippen LogP contribution is -2.38. The molecule has 0 atom stereocenters. The zero-order valence-corrected chi connectivity index (χ0v) is 26.9. The van der Waals surface area contributed by atoms with Gasteiger partial charge in [0.05, 0.1) is 18.5 Å². The van der Waals surface area contributed by atoms with Gasteiger partial charge in [-0.1, -0.05) is 108 Å². The van der Waals surface area contributed by atoms with Crippen LogP contribution in [0.3, 0.4) is 0 Å². The molecule has 1 aliphatic carbocycles. The standard InChI is InChI=1S/C37H43NSSi/c1-37(2,3)24-25-16-18-27(19-17-25)34-36(40(4,5)6)31-20-21-38-33(35(31)39-34)29-22-28-14-10-11-15-30(28)32(23-29)26-12-8-7-9-13-26/h10-11,14-23,26H,7-9,12-13,24H2,1-6H3. The van der Waals surface area contributed by atoms with Crippen molar-refractivity contribution in [2.24, 2.45) is 5.41 Å². The Balaban J connectivity index is 1.53. The normalized spacial score (nSPS) is 15.2. The molecule has 3 heteroatoms. The molecule has 3 aromatic carbocycles. The number of fused-ring (bicyclic) bond motifs is 2. The Morgan fingerprint density at radius 2 is 1.55 bits per heavy atom. The molecule has 2 aromatic heterocycles. The van der Waals surface area contributed by atoms with Crippen molar-refractivity contribution in [3.63, 3.8) is 0 Å². The highest BCUT2D eigenvalue weighted by atomic mass is 32.1. The van der Waals surface area contributed by atoms with Crippen LogP contribution in [0.1, 0.15) is 69.9 Å². The average Bonchev–Trinajstić information content (AvgIpc) is 3.33. The van der Waals surface area contributed by atoms with Crippen LogP contribution in [0.5, 0.6) is 0 Å². The smallest absolute Gasteiger partial charge is 0.0880 e. The minimum atomic E-state index is -1.65. The summed E-state index contributed by atoms with van der Waals surface area (Å²) in [6.45, 7) is 14.4. The van der Waals surface area contributed by atoms with Crippen molar-refractivity contribution in [3.05, 3.63) is 84.1 Å². The third-order valence-electron chi connectivity index (χ3n) is 8.52. The molecule has 6 rings (SSSR count). The van der Waals surface area contributed by atoms with Gasteiger partial charge in [-0.05, 0) is 86.8 Å². The lowest BCUT2D eigenvalue weighted by atomic mass is 9.81. The van der Waals surface area contributed by atoms with Gasteiger partial charge in [0.1, 0.15) is 0 Å². The van der Waals surface area contributed by atoms with Crippen molar-refractivity contribution in [2.45, 2.75) is 84.9 Å². The van der Waals surface area contributed by atoms with E-state index in [4.69, 9.17) is 4.98 Å². The quantitative estimate of drug-likeness (QED) is 0.194. The van der Waals surface area contributed by atoms with Crippen LogP contribution in [0.25, 0.3) is 42.6 Å². The van der Waals surface area contributed by atoms with Crippen LogP contribution in [0.2, 0.25) is 19.6 Å². The zero-order valence-electron chi connectivity index (χ0n) is 25.1. The highest BCUT2D eigenvalue weighted by Crippen LogP contribution is 2.42. The van der Waals surface area contributed by atoms with Crippen molar-refractivity contribution in [2.75, 3.05) is 0 Å². The van der Waals surface area contributed by atoms with Crippen molar-refractivity contribution >= 4 is 45.5 Å². The Hall–Kier alpha value is -2.75. The number of hydrogen-bond donors (Lipinski definition) is 0. The van der Waals surface area contributed by atoms with Gasteiger partial charge in [0, 0.05) is 16.6 Å². The first-order valence-electron chi connectivity index (χ1n) is 15.1. The van der Waals surface area contributed by atoms with Crippen molar-refractivity contribution in [1.29, 1.82) is 0 Å². The maximum atomic E-state index is 5.08. The molecule has 0 bridgehead atoms. The first-order chi connectivity index (χ1) is 19.1. The molecule has 2 heterocycles. The fourth-order valence-corrected chi connectivity index (χ4v) is 11.0. The maximum Gasteiger partial charge on any atom is 0.0880 e. The van der Waals surface area contributed by atoms with Gasteiger partial charge in [0.15, 0.2) is 0 Å². The molecule has 1 aliphatic rings. The Labute approximate surface area is 245 Å². The summed E-state index contributed by atoms with van der Waals surface area (Å²) in [5.41, 5.74) is 7.02. The molecule has 1 fully saturated rings. The van der Waals surface area contributed by atoms with Gasteiger partial charge < -0.3 is 0 Å². The third-order valence-corrected chi connectivity index (χ3v) is 12.0. The number of rotatable bonds is 5.